The second kappa shape index (κ2) is 9.69. The molecule has 8 heteroatoms. The third-order valence-corrected chi connectivity index (χ3v) is 7.79. The highest BCUT2D eigenvalue weighted by Crippen LogP contribution is 2.34. The van der Waals surface area contributed by atoms with Gasteiger partial charge in [0.15, 0.2) is 0 Å². The van der Waals surface area contributed by atoms with Crippen molar-refractivity contribution in [2.45, 2.75) is 95.7 Å². The third kappa shape index (κ3) is 5.47. The lowest BCUT2D eigenvalue weighted by molar-refractivity contribution is -0.124. The zero-order chi connectivity index (χ0) is 22.8. The Morgan fingerprint density at radius 3 is 2.32 bits per heavy atom. The van der Waals surface area contributed by atoms with Gasteiger partial charge in [0, 0.05) is 24.7 Å². The molecule has 1 aliphatic heterocycles. The topological polar surface area (TPSA) is 95.6 Å². The van der Waals surface area contributed by atoms with Crippen LogP contribution in [0.4, 0.5) is 5.69 Å². The van der Waals surface area contributed by atoms with Crippen molar-refractivity contribution >= 4 is 27.5 Å². The average molecular weight is 450 g/mol. The first kappa shape index (κ1) is 23.7. The van der Waals surface area contributed by atoms with Gasteiger partial charge in [0.2, 0.25) is 21.8 Å². The summed E-state index contributed by atoms with van der Waals surface area (Å²) < 4.78 is 28.9. The Kier molecular flexibility index (Phi) is 7.42. The predicted molar refractivity (Wildman–Crippen MR) is 121 cm³/mol. The average Bonchev–Trinajstić information content (AvgIpc) is 2.83. The number of hydrogen-bond acceptors (Lipinski definition) is 4. The molecule has 2 atom stereocenters. The van der Waals surface area contributed by atoms with E-state index in [4.69, 9.17) is 0 Å². The van der Waals surface area contributed by atoms with Crippen LogP contribution in [-0.2, 0) is 26.0 Å². The summed E-state index contributed by atoms with van der Waals surface area (Å²) in [5.74, 6) is -0.513. The largest absolute Gasteiger partial charge is 0.352 e. The van der Waals surface area contributed by atoms with Gasteiger partial charge in [-0.2, -0.15) is 4.72 Å². The number of carbonyl (C=O) groups excluding carboxylic acids is 2. The molecule has 1 heterocycles. The molecule has 0 aromatic heterocycles. The molecule has 2 aliphatic rings. The van der Waals surface area contributed by atoms with Crippen molar-refractivity contribution in [3.8, 4) is 0 Å². The van der Waals surface area contributed by atoms with Crippen LogP contribution in [0.15, 0.2) is 23.1 Å². The molecule has 31 heavy (non-hydrogen) atoms. The molecular weight excluding hydrogens is 414 g/mol. The van der Waals surface area contributed by atoms with Crippen LogP contribution in [0.5, 0.6) is 0 Å². The van der Waals surface area contributed by atoms with Crippen LogP contribution in [0, 0.1) is 5.92 Å². The zero-order valence-corrected chi connectivity index (χ0v) is 19.8. The van der Waals surface area contributed by atoms with Crippen LogP contribution in [0.1, 0.15) is 71.8 Å². The van der Waals surface area contributed by atoms with Crippen LogP contribution in [0.25, 0.3) is 0 Å². The van der Waals surface area contributed by atoms with Gasteiger partial charge in [0.1, 0.15) is 6.04 Å². The molecule has 2 amide bonds. The molecule has 0 bridgehead atoms. The normalized spacial score (nSPS) is 20.9. The smallest absolute Gasteiger partial charge is 0.241 e. The summed E-state index contributed by atoms with van der Waals surface area (Å²) in [5.41, 5.74) is 1.58. The van der Waals surface area contributed by atoms with Crippen LogP contribution in [-0.4, -0.2) is 38.4 Å². The van der Waals surface area contributed by atoms with Gasteiger partial charge < -0.3 is 10.2 Å². The van der Waals surface area contributed by atoms with E-state index in [1.165, 1.54) is 25.8 Å². The molecule has 1 fully saturated rings. The fourth-order valence-corrected chi connectivity index (χ4v) is 6.09. The molecule has 0 unspecified atom stereocenters. The van der Waals surface area contributed by atoms with Gasteiger partial charge in [-0.1, -0.05) is 39.5 Å². The van der Waals surface area contributed by atoms with Gasteiger partial charge in [-0.25, -0.2) is 8.42 Å². The minimum atomic E-state index is -3.89. The number of sulfonamides is 1. The van der Waals surface area contributed by atoms with Crippen molar-refractivity contribution in [1.82, 2.24) is 10.0 Å². The Labute approximate surface area is 186 Å². The molecule has 2 N–H and O–H groups in total. The highest BCUT2D eigenvalue weighted by molar-refractivity contribution is 7.89. The molecule has 0 saturated heterocycles. The van der Waals surface area contributed by atoms with E-state index in [0.717, 1.165) is 36.9 Å². The molecular formula is C23H35N3O4S. The van der Waals surface area contributed by atoms with Gasteiger partial charge in [0.25, 0.3) is 0 Å². The summed E-state index contributed by atoms with van der Waals surface area (Å²) in [6.07, 6.45) is 7.04. The standard InChI is InChI=1S/C23H35N3O4S/c1-15(2)22(23(28)24-19-9-7-5-6-8-10-19)25-31(29,30)20-11-12-21-18(14-20)13-16(3)26(21)17(4)27/h11-12,14-16,19,22,25H,5-10,13H2,1-4H3,(H,24,28)/t16-,22-/m0/s1. The van der Waals surface area contributed by atoms with Gasteiger partial charge in [0.05, 0.1) is 4.90 Å². The number of hydrogen-bond donors (Lipinski definition) is 2. The van der Waals surface area contributed by atoms with Gasteiger partial charge in [-0.3, -0.25) is 9.59 Å². The van der Waals surface area contributed by atoms with E-state index in [-0.39, 0.29) is 34.7 Å². The Balaban J connectivity index is 1.77. The van der Waals surface area contributed by atoms with Gasteiger partial charge >= 0.3 is 0 Å². The minimum absolute atomic E-state index is 0.00724. The first-order chi connectivity index (χ1) is 14.6. The first-order valence-electron chi connectivity index (χ1n) is 11.4. The summed E-state index contributed by atoms with van der Waals surface area (Å²) in [7, 11) is -3.89. The minimum Gasteiger partial charge on any atom is -0.352 e. The molecule has 0 spiro atoms. The molecule has 172 valence electrons. The zero-order valence-electron chi connectivity index (χ0n) is 19.0. The number of nitrogens with zero attached hydrogens (tertiary/aromatic N) is 1. The van der Waals surface area contributed by atoms with E-state index in [0.29, 0.717) is 6.42 Å². The number of benzene rings is 1. The number of anilines is 1. The summed E-state index contributed by atoms with van der Waals surface area (Å²) in [4.78, 5) is 26.7. The highest BCUT2D eigenvalue weighted by Gasteiger charge is 2.33. The van der Waals surface area contributed by atoms with Gasteiger partial charge in [-0.15, -0.1) is 0 Å². The highest BCUT2D eigenvalue weighted by atomic mass is 32.2. The van der Waals surface area contributed by atoms with Crippen LogP contribution >= 0.6 is 0 Å². The monoisotopic (exact) mass is 449 g/mol. The van der Waals surface area contributed by atoms with E-state index in [1.54, 1.807) is 17.0 Å². The van der Waals surface area contributed by atoms with Crippen molar-refractivity contribution in [1.29, 1.82) is 0 Å². The summed E-state index contributed by atoms with van der Waals surface area (Å²) >= 11 is 0. The number of rotatable bonds is 6. The van der Waals surface area contributed by atoms with Crippen molar-refractivity contribution in [3.63, 3.8) is 0 Å². The summed E-state index contributed by atoms with van der Waals surface area (Å²) in [5, 5.41) is 3.07. The lowest BCUT2D eigenvalue weighted by atomic mass is 10.0. The Bertz CT molecular complexity index is 921. The van der Waals surface area contributed by atoms with E-state index in [1.807, 2.05) is 20.8 Å². The fourth-order valence-electron chi connectivity index (χ4n) is 4.70. The van der Waals surface area contributed by atoms with E-state index in [2.05, 4.69) is 10.0 Å². The SMILES string of the molecule is CC(=O)N1c2ccc(S(=O)(=O)N[C@H](C(=O)NC3CCCCCC3)C(C)C)cc2C[C@@H]1C. The maximum absolute atomic E-state index is 13.1. The van der Waals surface area contributed by atoms with E-state index < -0.39 is 16.1 Å². The quantitative estimate of drug-likeness (QED) is 0.652. The lowest BCUT2D eigenvalue weighted by Crippen LogP contribution is -2.51. The third-order valence-electron chi connectivity index (χ3n) is 6.35. The summed E-state index contributed by atoms with van der Waals surface area (Å²) in [6.45, 7) is 7.14. The number of fused-ring (bicyclic) bond motifs is 1. The number of nitrogens with one attached hydrogen (secondary N) is 2. The fraction of sp³-hybridized carbons (Fsp3) is 0.652. The molecule has 0 radical (unpaired) electrons. The second-order valence-corrected chi connectivity index (χ2v) is 11.0. The maximum atomic E-state index is 13.1. The second-order valence-electron chi connectivity index (χ2n) is 9.27. The molecule has 1 saturated carbocycles. The van der Waals surface area contributed by atoms with Crippen molar-refractivity contribution in [2.24, 2.45) is 5.92 Å². The van der Waals surface area contributed by atoms with E-state index >= 15 is 0 Å². The Morgan fingerprint density at radius 1 is 1.10 bits per heavy atom. The molecule has 1 aliphatic carbocycles. The maximum Gasteiger partial charge on any atom is 0.241 e. The van der Waals surface area contributed by atoms with Crippen molar-refractivity contribution in [2.75, 3.05) is 4.90 Å². The summed E-state index contributed by atoms with van der Waals surface area (Å²) in [6, 6.07) is 4.08. The van der Waals surface area contributed by atoms with Crippen LogP contribution in [0.3, 0.4) is 0 Å². The first-order valence-corrected chi connectivity index (χ1v) is 12.8. The number of amides is 2. The van der Waals surface area contributed by atoms with E-state index in [9.17, 15) is 18.0 Å². The van der Waals surface area contributed by atoms with Crippen molar-refractivity contribution in [3.05, 3.63) is 23.8 Å². The Morgan fingerprint density at radius 2 is 1.74 bits per heavy atom. The predicted octanol–water partition coefficient (Wildman–Crippen LogP) is 3.13. The van der Waals surface area contributed by atoms with Crippen LogP contribution < -0.4 is 14.9 Å². The molecule has 3 rings (SSSR count). The van der Waals surface area contributed by atoms with Gasteiger partial charge in [-0.05, 0) is 55.9 Å². The molecule has 1 aromatic rings. The van der Waals surface area contributed by atoms with Crippen LogP contribution in [0.2, 0.25) is 0 Å². The molecule has 1 aromatic carbocycles. The Hall–Kier alpha value is -1.93. The molecule has 7 nitrogen and oxygen atoms in total. The lowest BCUT2D eigenvalue weighted by Gasteiger charge is -2.25. The van der Waals surface area contributed by atoms with Crippen molar-refractivity contribution < 1.29 is 18.0 Å². The number of carbonyl (C=O) groups is 2.